The molecule has 1 saturated heterocycles. The molecule has 0 spiro atoms. The van der Waals surface area contributed by atoms with E-state index in [1.54, 1.807) is 18.0 Å². The van der Waals surface area contributed by atoms with Crippen molar-refractivity contribution in [3.8, 4) is 11.3 Å². The number of carbonyl (C=O) groups is 1. The minimum Gasteiger partial charge on any atom is -0.393 e. The third-order valence-electron chi connectivity index (χ3n) is 4.32. The number of carbonyl (C=O) groups excluding carboxylic acids is 1. The number of aryl methyl sites for hydroxylation is 1. The van der Waals surface area contributed by atoms with E-state index in [9.17, 15) is 15.0 Å². The van der Waals surface area contributed by atoms with Gasteiger partial charge in [0.05, 0.1) is 24.4 Å². The highest BCUT2D eigenvalue weighted by Crippen LogP contribution is 2.26. The standard InChI is InChI=1S/C18H21N3O3/c1-13-19-10-15(16(20-13)14-6-3-2-4-7-14)17(23)21-9-5-8-18(24,11-21)12-22/h2-4,6-7,10,22,24H,5,8-9,11-12H2,1H3/t18-/m1/s1. The van der Waals surface area contributed by atoms with Gasteiger partial charge in [-0.05, 0) is 19.8 Å². The van der Waals surface area contributed by atoms with E-state index in [0.717, 1.165) is 5.56 Å². The topological polar surface area (TPSA) is 86.6 Å². The summed E-state index contributed by atoms with van der Waals surface area (Å²) in [7, 11) is 0. The van der Waals surface area contributed by atoms with Gasteiger partial charge in [0, 0.05) is 18.3 Å². The first kappa shape index (κ1) is 16.5. The molecule has 3 rings (SSSR count). The van der Waals surface area contributed by atoms with E-state index in [1.807, 2.05) is 30.3 Å². The molecule has 1 amide bonds. The minimum atomic E-state index is -1.23. The lowest BCUT2D eigenvalue weighted by molar-refractivity contribution is -0.0598. The Balaban J connectivity index is 1.96. The van der Waals surface area contributed by atoms with Gasteiger partial charge >= 0.3 is 0 Å². The summed E-state index contributed by atoms with van der Waals surface area (Å²) < 4.78 is 0. The first-order chi connectivity index (χ1) is 11.5. The van der Waals surface area contributed by atoms with Crippen molar-refractivity contribution in [2.75, 3.05) is 19.7 Å². The number of β-amino-alcohol motifs (C(OH)–C–C–N with tert-alkyl or cyclic N) is 1. The third-order valence-corrected chi connectivity index (χ3v) is 4.32. The molecule has 126 valence electrons. The monoisotopic (exact) mass is 327 g/mol. The van der Waals surface area contributed by atoms with Gasteiger partial charge in [-0.1, -0.05) is 30.3 Å². The van der Waals surface area contributed by atoms with Crippen LogP contribution in [0.25, 0.3) is 11.3 Å². The maximum Gasteiger partial charge on any atom is 0.257 e. The highest BCUT2D eigenvalue weighted by molar-refractivity contribution is 5.99. The van der Waals surface area contributed by atoms with E-state index in [0.29, 0.717) is 36.5 Å². The second-order valence-electron chi connectivity index (χ2n) is 6.26. The Labute approximate surface area is 140 Å². The molecule has 1 aromatic heterocycles. The molecular weight excluding hydrogens is 306 g/mol. The summed E-state index contributed by atoms with van der Waals surface area (Å²) in [5.74, 6) is 0.372. The Bertz CT molecular complexity index is 736. The maximum absolute atomic E-state index is 13.0. The second-order valence-corrected chi connectivity index (χ2v) is 6.26. The Hall–Kier alpha value is -2.31. The zero-order valence-corrected chi connectivity index (χ0v) is 13.6. The first-order valence-corrected chi connectivity index (χ1v) is 8.04. The lowest BCUT2D eigenvalue weighted by Crippen LogP contribution is -2.52. The average Bonchev–Trinajstić information content (AvgIpc) is 2.62. The van der Waals surface area contributed by atoms with Gasteiger partial charge in [-0.15, -0.1) is 0 Å². The number of amides is 1. The minimum absolute atomic E-state index is 0.116. The zero-order chi connectivity index (χ0) is 17.2. The van der Waals surface area contributed by atoms with Crippen LogP contribution in [0.2, 0.25) is 0 Å². The van der Waals surface area contributed by atoms with Crippen molar-refractivity contribution in [3.63, 3.8) is 0 Å². The lowest BCUT2D eigenvalue weighted by Gasteiger charge is -2.38. The molecule has 0 saturated carbocycles. The van der Waals surface area contributed by atoms with Gasteiger partial charge in [0.2, 0.25) is 0 Å². The summed E-state index contributed by atoms with van der Waals surface area (Å²) in [5.41, 5.74) is 0.618. The van der Waals surface area contributed by atoms with E-state index >= 15 is 0 Å². The van der Waals surface area contributed by atoms with Crippen molar-refractivity contribution in [1.29, 1.82) is 0 Å². The van der Waals surface area contributed by atoms with Crippen molar-refractivity contribution in [2.45, 2.75) is 25.4 Å². The normalized spacial score (nSPS) is 20.9. The molecule has 0 unspecified atom stereocenters. The van der Waals surface area contributed by atoms with E-state index in [1.165, 1.54) is 0 Å². The molecule has 1 fully saturated rings. The number of benzene rings is 1. The highest BCUT2D eigenvalue weighted by Gasteiger charge is 2.35. The van der Waals surface area contributed by atoms with Gasteiger partial charge in [0.1, 0.15) is 11.4 Å². The zero-order valence-electron chi connectivity index (χ0n) is 13.6. The number of hydrogen-bond donors (Lipinski definition) is 2. The van der Waals surface area contributed by atoms with Crippen LogP contribution in [0.15, 0.2) is 36.5 Å². The van der Waals surface area contributed by atoms with Crippen molar-refractivity contribution in [3.05, 3.63) is 47.9 Å². The van der Waals surface area contributed by atoms with Gasteiger partial charge in [0.15, 0.2) is 0 Å². The van der Waals surface area contributed by atoms with Gasteiger partial charge < -0.3 is 15.1 Å². The molecule has 1 aromatic carbocycles. The first-order valence-electron chi connectivity index (χ1n) is 8.04. The Kier molecular flexibility index (Phi) is 4.59. The van der Waals surface area contributed by atoms with Gasteiger partial charge in [-0.25, -0.2) is 9.97 Å². The highest BCUT2D eigenvalue weighted by atomic mass is 16.3. The molecule has 6 heteroatoms. The van der Waals surface area contributed by atoms with Crippen molar-refractivity contribution in [2.24, 2.45) is 0 Å². The fourth-order valence-corrected chi connectivity index (χ4v) is 3.03. The maximum atomic E-state index is 13.0. The van der Waals surface area contributed by atoms with E-state index in [2.05, 4.69) is 9.97 Å². The van der Waals surface area contributed by atoms with Crippen molar-refractivity contribution >= 4 is 5.91 Å². The molecule has 1 aliphatic rings. The molecular formula is C18H21N3O3. The second kappa shape index (κ2) is 6.67. The van der Waals surface area contributed by atoms with Crippen LogP contribution in [0.5, 0.6) is 0 Å². The third kappa shape index (κ3) is 3.29. The largest absolute Gasteiger partial charge is 0.393 e. The average molecular weight is 327 g/mol. The summed E-state index contributed by atoms with van der Waals surface area (Å²) in [6.45, 7) is 2.09. The summed E-state index contributed by atoms with van der Waals surface area (Å²) in [4.78, 5) is 23.1. The molecule has 0 radical (unpaired) electrons. The number of aliphatic hydroxyl groups is 2. The molecule has 1 aliphatic heterocycles. The van der Waals surface area contributed by atoms with Gasteiger partial charge in [-0.2, -0.15) is 0 Å². The number of aliphatic hydroxyl groups excluding tert-OH is 1. The molecule has 2 aromatic rings. The molecule has 0 bridgehead atoms. The summed E-state index contributed by atoms with van der Waals surface area (Å²) >= 11 is 0. The summed E-state index contributed by atoms with van der Waals surface area (Å²) in [5, 5.41) is 19.7. The molecule has 6 nitrogen and oxygen atoms in total. The van der Waals surface area contributed by atoms with Crippen LogP contribution in [-0.2, 0) is 0 Å². The molecule has 24 heavy (non-hydrogen) atoms. The predicted molar refractivity (Wildman–Crippen MR) is 89.4 cm³/mol. The van der Waals surface area contributed by atoms with Crippen molar-refractivity contribution in [1.82, 2.24) is 14.9 Å². The van der Waals surface area contributed by atoms with Gasteiger partial charge in [-0.3, -0.25) is 4.79 Å². The number of nitrogens with zero attached hydrogens (tertiary/aromatic N) is 3. The number of piperidine rings is 1. The SMILES string of the molecule is Cc1ncc(C(=O)N2CCC[C@](O)(CO)C2)c(-c2ccccc2)n1. The molecule has 2 N–H and O–H groups in total. The summed E-state index contributed by atoms with van der Waals surface area (Å²) in [6.07, 6.45) is 2.68. The number of aromatic nitrogens is 2. The fourth-order valence-electron chi connectivity index (χ4n) is 3.03. The van der Waals surface area contributed by atoms with Crippen LogP contribution in [0.3, 0.4) is 0 Å². The lowest BCUT2D eigenvalue weighted by atomic mass is 9.93. The van der Waals surface area contributed by atoms with Crippen molar-refractivity contribution < 1.29 is 15.0 Å². The summed E-state index contributed by atoms with van der Waals surface area (Å²) in [6, 6.07) is 9.50. The van der Waals surface area contributed by atoms with Crippen LogP contribution < -0.4 is 0 Å². The Morgan fingerprint density at radius 2 is 2.08 bits per heavy atom. The Morgan fingerprint density at radius 1 is 1.33 bits per heavy atom. The van der Waals surface area contributed by atoms with Crippen LogP contribution >= 0.6 is 0 Å². The van der Waals surface area contributed by atoms with E-state index < -0.39 is 5.60 Å². The molecule has 1 atom stereocenters. The van der Waals surface area contributed by atoms with E-state index in [4.69, 9.17) is 0 Å². The van der Waals surface area contributed by atoms with Crippen LogP contribution in [0.1, 0.15) is 29.0 Å². The number of likely N-dealkylation sites (tertiary alicyclic amines) is 1. The molecule has 2 heterocycles. The predicted octanol–water partition coefficient (Wildman–Crippen LogP) is 1.41. The van der Waals surface area contributed by atoms with Crippen LogP contribution in [0.4, 0.5) is 0 Å². The van der Waals surface area contributed by atoms with E-state index in [-0.39, 0.29) is 19.1 Å². The van der Waals surface area contributed by atoms with Crippen LogP contribution in [0, 0.1) is 6.92 Å². The molecule has 0 aliphatic carbocycles. The smallest absolute Gasteiger partial charge is 0.257 e. The van der Waals surface area contributed by atoms with Gasteiger partial charge in [0.25, 0.3) is 5.91 Å². The number of rotatable bonds is 3. The fraction of sp³-hybridized carbons (Fsp3) is 0.389. The quantitative estimate of drug-likeness (QED) is 0.890. The van der Waals surface area contributed by atoms with Crippen LogP contribution in [-0.4, -0.2) is 56.3 Å². The number of hydrogen-bond acceptors (Lipinski definition) is 5. The Morgan fingerprint density at radius 3 is 2.79 bits per heavy atom.